The van der Waals surface area contributed by atoms with Crippen molar-refractivity contribution in [2.24, 2.45) is 0 Å². The summed E-state index contributed by atoms with van der Waals surface area (Å²) in [5, 5.41) is 0.261. The third kappa shape index (κ3) is 3.27. The molecule has 0 aromatic heterocycles. The lowest BCUT2D eigenvalue weighted by Crippen LogP contribution is -2.47. The number of methoxy groups -OCH3 is 1. The second-order valence-corrected chi connectivity index (χ2v) is 7.88. The zero-order chi connectivity index (χ0) is 18.2. The summed E-state index contributed by atoms with van der Waals surface area (Å²) in [7, 11) is -2.87. The Hall–Kier alpha value is -1.96. The number of anilines is 1. The highest BCUT2D eigenvalue weighted by Gasteiger charge is 2.38. The van der Waals surface area contributed by atoms with Gasteiger partial charge in [0.15, 0.2) is 0 Å². The van der Waals surface area contributed by atoms with Crippen LogP contribution >= 0.6 is 23.2 Å². The first kappa shape index (κ1) is 17.8. The summed E-state index contributed by atoms with van der Waals surface area (Å²) in [4.78, 5) is 11.7. The molecular formula is C16H13Cl2NO5S. The van der Waals surface area contributed by atoms with Crippen molar-refractivity contribution in [1.29, 1.82) is 0 Å². The van der Waals surface area contributed by atoms with Crippen LogP contribution < -0.4 is 9.04 Å². The van der Waals surface area contributed by atoms with E-state index in [-0.39, 0.29) is 27.2 Å². The maximum atomic E-state index is 13.2. The first-order valence-electron chi connectivity index (χ1n) is 7.16. The molecule has 0 N–H and O–H groups in total. The highest BCUT2D eigenvalue weighted by Crippen LogP contribution is 2.38. The van der Waals surface area contributed by atoms with Gasteiger partial charge in [0.1, 0.15) is 10.6 Å². The van der Waals surface area contributed by atoms with Crippen LogP contribution in [0.4, 0.5) is 5.69 Å². The van der Waals surface area contributed by atoms with Gasteiger partial charge in [0.25, 0.3) is 10.0 Å². The quantitative estimate of drug-likeness (QED) is 0.738. The van der Waals surface area contributed by atoms with Gasteiger partial charge < -0.3 is 9.47 Å². The molecule has 3 rings (SSSR count). The van der Waals surface area contributed by atoms with Crippen molar-refractivity contribution in [2.45, 2.75) is 11.0 Å². The molecule has 0 saturated carbocycles. The van der Waals surface area contributed by atoms with E-state index >= 15 is 0 Å². The lowest BCUT2D eigenvalue weighted by Gasteiger charge is -2.34. The lowest BCUT2D eigenvalue weighted by atomic mass is 10.2. The molecule has 6 nitrogen and oxygen atoms in total. The molecule has 0 amide bonds. The summed E-state index contributed by atoms with van der Waals surface area (Å²) in [6.45, 7) is -0.241. The van der Waals surface area contributed by atoms with E-state index in [1.807, 2.05) is 0 Å². The smallest absolute Gasteiger partial charge is 0.348 e. The van der Waals surface area contributed by atoms with Crippen LogP contribution in [0.1, 0.15) is 0 Å². The number of esters is 1. The summed E-state index contributed by atoms with van der Waals surface area (Å²) in [6.07, 6.45) is -1.09. The Morgan fingerprint density at radius 3 is 2.68 bits per heavy atom. The molecular weight excluding hydrogens is 389 g/mol. The summed E-state index contributed by atoms with van der Waals surface area (Å²) in [6, 6.07) is 10.7. The fourth-order valence-corrected chi connectivity index (χ4v) is 4.69. The largest absolute Gasteiger partial charge is 0.475 e. The minimum Gasteiger partial charge on any atom is -0.475 e. The molecule has 0 aliphatic carbocycles. The molecule has 2 aromatic carbocycles. The predicted octanol–water partition coefficient (Wildman–Crippen LogP) is 3.12. The Morgan fingerprint density at radius 2 is 1.96 bits per heavy atom. The normalized spacial score (nSPS) is 16.8. The van der Waals surface area contributed by atoms with Crippen molar-refractivity contribution in [3.05, 3.63) is 52.5 Å². The number of carbonyl (C=O) groups is 1. The first-order valence-corrected chi connectivity index (χ1v) is 9.35. The number of benzene rings is 2. The topological polar surface area (TPSA) is 72.9 Å². The molecule has 0 bridgehead atoms. The molecule has 2 aromatic rings. The summed E-state index contributed by atoms with van der Waals surface area (Å²) in [5.41, 5.74) is 0.304. The number of hydrogen-bond donors (Lipinski definition) is 0. The molecule has 0 saturated heterocycles. The molecule has 0 spiro atoms. The molecule has 25 heavy (non-hydrogen) atoms. The fourth-order valence-electron chi connectivity index (χ4n) is 2.48. The van der Waals surface area contributed by atoms with Crippen molar-refractivity contribution in [3.8, 4) is 5.75 Å². The van der Waals surface area contributed by atoms with Gasteiger partial charge >= 0.3 is 5.97 Å². The van der Waals surface area contributed by atoms with E-state index in [0.717, 1.165) is 4.31 Å². The molecule has 0 fully saturated rings. The van der Waals surface area contributed by atoms with Crippen molar-refractivity contribution in [3.63, 3.8) is 0 Å². The maximum absolute atomic E-state index is 13.2. The number of rotatable bonds is 3. The van der Waals surface area contributed by atoms with Crippen LogP contribution in [-0.4, -0.2) is 34.1 Å². The van der Waals surface area contributed by atoms with E-state index in [0.29, 0.717) is 5.69 Å². The van der Waals surface area contributed by atoms with Crippen LogP contribution in [0, 0.1) is 0 Å². The number of sulfonamides is 1. The maximum Gasteiger partial charge on any atom is 0.348 e. The Morgan fingerprint density at radius 1 is 1.24 bits per heavy atom. The number of fused-ring (bicyclic) bond motifs is 1. The number of nitrogens with zero attached hydrogens (tertiary/aromatic N) is 1. The second kappa shape index (κ2) is 6.74. The fraction of sp³-hybridized carbons (Fsp3) is 0.188. The number of para-hydroxylation sites is 2. The zero-order valence-corrected chi connectivity index (χ0v) is 15.3. The van der Waals surface area contributed by atoms with Gasteiger partial charge in [0, 0.05) is 5.02 Å². The molecule has 1 atom stereocenters. The van der Waals surface area contributed by atoms with E-state index in [4.69, 9.17) is 27.9 Å². The molecule has 1 aliphatic rings. The van der Waals surface area contributed by atoms with Crippen molar-refractivity contribution >= 4 is 44.9 Å². The van der Waals surface area contributed by atoms with E-state index in [2.05, 4.69) is 4.74 Å². The SMILES string of the molecule is COC(=O)[C@@H]1CN(S(=O)(=O)c2cc(Cl)ccc2Cl)c2ccccc2O1. The highest BCUT2D eigenvalue weighted by molar-refractivity contribution is 7.93. The predicted molar refractivity (Wildman–Crippen MR) is 93.9 cm³/mol. The molecule has 1 heterocycles. The van der Waals surface area contributed by atoms with Crippen LogP contribution in [0.2, 0.25) is 10.0 Å². The van der Waals surface area contributed by atoms with Crippen LogP contribution in [0.5, 0.6) is 5.75 Å². The molecule has 1 aliphatic heterocycles. The molecule has 132 valence electrons. The Bertz CT molecular complexity index is 932. The van der Waals surface area contributed by atoms with Gasteiger partial charge in [-0.3, -0.25) is 4.31 Å². The summed E-state index contributed by atoms with van der Waals surface area (Å²) < 4.78 is 37.6. The van der Waals surface area contributed by atoms with Crippen LogP contribution in [0.3, 0.4) is 0 Å². The van der Waals surface area contributed by atoms with E-state index < -0.39 is 22.1 Å². The molecule has 0 unspecified atom stereocenters. The molecule has 9 heteroatoms. The Balaban J connectivity index is 2.13. The third-order valence-electron chi connectivity index (χ3n) is 3.66. The minimum absolute atomic E-state index is 0.0305. The number of ether oxygens (including phenoxy) is 2. The highest BCUT2D eigenvalue weighted by atomic mass is 35.5. The minimum atomic E-state index is -4.07. The number of carbonyl (C=O) groups excluding carboxylic acids is 1. The monoisotopic (exact) mass is 401 g/mol. The average Bonchev–Trinajstić information content (AvgIpc) is 2.61. The van der Waals surface area contributed by atoms with Crippen molar-refractivity contribution < 1.29 is 22.7 Å². The summed E-state index contributed by atoms with van der Waals surface area (Å²) >= 11 is 12.0. The van der Waals surface area contributed by atoms with Gasteiger partial charge in [-0.05, 0) is 30.3 Å². The van der Waals surface area contributed by atoms with Gasteiger partial charge in [-0.2, -0.15) is 0 Å². The van der Waals surface area contributed by atoms with E-state index in [1.165, 1.54) is 25.3 Å². The van der Waals surface area contributed by atoms with E-state index in [1.54, 1.807) is 24.3 Å². The summed E-state index contributed by atoms with van der Waals surface area (Å²) in [5.74, 6) is -0.419. The number of hydrogen-bond acceptors (Lipinski definition) is 5. The standard InChI is InChI=1S/C16H13Cl2NO5S/c1-23-16(20)14-9-19(12-4-2-3-5-13(12)24-14)25(21,22)15-8-10(17)6-7-11(15)18/h2-8,14H,9H2,1H3/t14-/m0/s1. The third-order valence-corrected chi connectivity index (χ3v) is 6.16. The van der Waals surface area contributed by atoms with Crippen LogP contribution in [0.25, 0.3) is 0 Å². The Kier molecular flexibility index (Phi) is 4.81. The first-order chi connectivity index (χ1) is 11.8. The van der Waals surface area contributed by atoms with Crippen molar-refractivity contribution in [2.75, 3.05) is 18.0 Å². The van der Waals surface area contributed by atoms with Gasteiger partial charge in [-0.25, -0.2) is 13.2 Å². The average molecular weight is 402 g/mol. The zero-order valence-electron chi connectivity index (χ0n) is 13.0. The van der Waals surface area contributed by atoms with Gasteiger partial charge in [-0.1, -0.05) is 35.3 Å². The molecule has 0 radical (unpaired) electrons. The van der Waals surface area contributed by atoms with Crippen molar-refractivity contribution in [1.82, 2.24) is 0 Å². The van der Waals surface area contributed by atoms with Gasteiger partial charge in [0.05, 0.1) is 24.4 Å². The van der Waals surface area contributed by atoms with Gasteiger partial charge in [-0.15, -0.1) is 0 Å². The second-order valence-electron chi connectivity index (χ2n) is 5.21. The van der Waals surface area contributed by atoms with Crippen LogP contribution in [-0.2, 0) is 19.6 Å². The lowest BCUT2D eigenvalue weighted by molar-refractivity contribution is -0.148. The number of halogens is 2. The van der Waals surface area contributed by atoms with Crippen LogP contribution in [0.15, 0.2) is 47.4 Å². The van der Waals surface area contributed by atoms with Gasteiger partial charge in [0.2, 0.25) is 6.10 Å². The van der Waals surface area contributed by atoms with E-state index in [9.17, 15) is 13.2 Å². The Labute approximate surface area is 154 Å².